The van der Waals surface area contributed by atoms with E-state index in [1.807, 2.05) is 6.92 Å². The normalized spacial score (nSPS) is 16.3. The molecular formula is C14H16N2OS2. The van der Waals surface area contributed by atoms with Crippen LogP contribution in [0.3, 0.4) is 0 Å². The summed E-state index contributed by atoms with van der Waals surface area (Å²) < 4.78 is 0. The van der Waals surface area contributed by atoms with E-state index < -0.39 is 0 Å². The second kappa shape index (κ2) is 5.21. The summed E-state index contributed by atoms with van der Waals surface area (Å²) in [5.41, 5.74) is 1.44. The van der Waals surface area contributed by atoms with Gasteiger partial charge in [0.05, 0.1) is 5.25 Å². The highest BCUT2D eigenvalue weighted by atomic mass is 32.2. The van der Waals surface area contributed by atoms with Crippen LogP contribution in [0.4, 0.5) is 0 Å². The number of Topliss-reactive ketones (excluding diaryl/α,β-unsaturated/α-hetero) is 1. The van der Waals surface area contributed by atoms with Crippen molar-refractivity contribution in [2.45, 2.75) is 49.8 Å². The minimum Gasteiger partial charge on any atom is -0.299 e. The van der Waals surface area contributed by atoms with E-state index in [4.69, 9.17) is 0 Å². The highest BCUT2D eigenvalue weighted by Crippen LogP contribution is 2.40. The second-order valence-electron chi connectivity index (χ2n) is 4.94. The van der Waals surface area contributed by atoms with Crippen LogP contribution in [-0.4, -0.2) is 21.0 Å². The molecule has 0 radical (unpaired) electrons. The van der Waals surface area contributed by atoms with Crippen molar-refractivity contribution in [2.24, 2.45) is 0 Å². The summed E-state index contributed by atoms with van der Waals surface area (Å²) in [6, 6.07) is 0. The summed E-state index contributed by atoms with van der Waals surface area (Å²) in [6.07, 6.45) is 6.45. The number of carbonyl (C=O) groups excluding carboxylic acids is 1. The van der Waals surface area contributed by atoms with Crippen molar-refractivity contribution >= 4 is 39.1 Å². The summed E-state index contributed by atoms with van der Waals surface area (Å²) in [4.78, 5) is 22.8. The monoisotopic (exact) mass is 292 g/mol. The maximum atomic E-state index is 11.4. The molecule has 1 atom stereocenters. The van der Waals surface area contributed by atoms with Gasteiger partial charge in [0, 0.05) is 10.3 Å². The molecule has 0 aromatic carbocycles. The molecular weight excluding hydrogens is 276 g/mol. The van der Waals surface area contributed by atoms with Crippen molar-refractivity contribution in [3.05, 3.63) is 16.8 Å². The summed E-state index contributed by atoms with van der Waals surface area (Å²) in [6.45, 7) is 3.58. The first-order chi connectivity index (χ1) is 9.16. The van der Waals surface area contributed by atoms with E-state index in [0.29, 0.717) is 0 Å². The van der Waals surface area contributed by atoms with E-state index in [0.717, 1.165) is 16.3 Å². The van der Waals surface area contributed by atoms with Crippen LogP contribution < -0.4 is 0 Å². The summed E-state index contributed by atoms with van der Waals surface area (Å²) in [5, 5.41) is 2.14. The second-order valence-corrected chi connectivity index (χ2v) is 7.35. The Bertz CT molecular complexity index is 636. The van der Waals surface area contributed by atoms with Crippen molar-refractivity contribution < 1.29 is 4.79 Å². The number of hydrogen-bond donors (Lipinski definition) is 0. The Morgan fingerprint density at radius 3 is 2.95 bits per heavy atom. The average Bonchev–Trinajstić information content (AvgIpc) is 2.77. The van der Waals surface area contributed by atoms with Gasteiger partial charge in [-0.1, -0.05) is 11.8 Å². The van der Waals surface area contributed by atoms with Crippen LogP contribution in [0.5, 0.6) is 0 Å². The standard InChI is InChI=1S/C14H16N2OS2/c1-8(17)9(2)18-13-12-10-5-3-4-6-11(10)19-14(12)16-7-15-13/h7,9H,3-6H2,1-2H3. The molecule has 5 heteroatoms. The maximum Gasteiger partial charge on any atom is 0.142 e. The SMILES string of the molecule is CC(=O)C(C)Sc1ncnc2sc3c(c12)CCCC3. The van der Waals surface area contributed by atoms with Crippen molar-refractivity contribution in [3.8, 4) is 0 Å². The number of rotatable bonds is 3. The molecule has 1 unspecified atom stereocenters. The van der Waals surface area contributed by atoms with E-state index in [1.165, 1.54) is 35.1 Å². The Kier molecular flexibility index (Phi) is 3.58. The first-order valence-electron chi connectivity index (χ1n) is 6.59. The maximum absolute atomic E-state index is 11.4. The fourth-order valence-electron chi connectivity index (χ4n) is 2.40. The molecule has 2 aromatic heterocycles. The van der Waals surface area contributed by atoms with Crippen molar-refractivity contribution in [1.82, 2.24) is 9.97 Å². The minimum absolute atomic E-state index is 0.0442. The third-order valence-electron chi connectivity index (χ3n) is 3.58. The molecule has 0 bridgehead atoms. The predicted octanol–water partition coefficient (Wildman–Crippen LogP) is 3.64. The van der Waals surface area contributed by atoms with Gasteiger partial charge in [-0.2, -0.15) is 0 Å². The van der Waals surface area contributed by atoms with Crippen LogP contribution in [0.25, 0.3) is 10.2 Å². The third kappa shape index (κ3) is 2.41. The quantitative estimate of drug-likeness (QED) is 0.640. The lowest BCUT2D eigenvalue weighted by Crippen LogP contribution is -2.08. The molecule has 0 spiro atoms. The van der Waals surface area contributed by atoms with Gasteiger partial charge in [-0.15, -0.1) is 11.3 Å². The molecule has 2 heterocycles. The van der Waals surface area contributed by atoms with Crippen LogP contribution in [0.15, 0.2) is 11.4 Å². The molecule has 19 heavy (non-hydrogen) atoms. The predicted molar refractivity (Wildman–Crippen MR) is 80.1 cm³/mol. The molecule has 100 valence electrons. The first-order valence-corrected chi connectivity index (χ1v) is 8.29. The Morgan fingerprint density at radius 1 is 1.37 bits per heavy atom. The van der Waals surface area contributed by atoms with Crippen LogP contribution in [0.2, 0.25) is 0 Å². The van der Waals surface area contributed by atoms with Gasteiger partial charge < -0.3 is 0 Å². The summed E-state index contributed by atoms with van der Waals surface area (Å²) >= 11 is 3.36. The van der Waals surface area contributed by atoms with Gasteiger partial charge in [0.2, 0.25) is 0 Å². The van der Waals surface area contributed by atoms with Crippen molar-refractivity contribution in [2.75, 3.05) is 0 Å². The van der Waals surface area contributed by atoms with Gasteiger partial charge >= 0.3 is 0 Å². The lowest BCUT2D eigenvalue weighted by atomic mass is 9.97. The number of thioether (sulfide) groups is 1. The van der Waals surface area contributed by atoms with E-state index in [-0.39, 0.29) is 11.0 Å². The molecule has 0 amide bonds. The fourth-order valence-corrected chi connectivity index (χ4v) is 4.64. The zero-order chi connectivity index (χ0) is 13.4. The molecule has 0 saturated heterocycles. The lowest BCUT2D eigenvalue weighted by Gasteiger charge is -2.12. The van der Waals surface area contributed by atoms with E-state index >= 15 is 0 Å². The van der Waals surface area contributed by atoms with Crippen LogP contribution >= 0.6 is 23.1 Å². The number of aromatic nitrogens is 2. The smallest absolute Gasteiger partial charge is 0.142 e. The van der Waals surface area contributed by atoms with Crippen LogP contribution in [0, 0.1) is 0 Å². The number of thiophene rings is 1. The number of carbonyl (C=O) groups is 1. The van der Waals surface area contributed by atoms with Crippen molar-refractivity contribution in [1.29, 1.82) is 0 Å². The number of aryl methyl sites for hydroxylation is 2. The zero-order valence-electron chi connectivity index (χ0n) is 11.1. The van der Waals surface area contributed by atoms with Gasteiger partial charge in [-0.25, -0.2) is 9.97 Å². The van der Waals surface area contributed by atoms with E-state index in [2.05, 4.69) is 9.97 Å². The van der Waals surface area contributed by atoms with Crippen LogP contribution in [0.1, 0.15) is 37.1 Å². The molecule has 3 rings (SSSR count). The highest BCUT2D eigenvalue weighted by molar-refractivity contribution is 8.00. The number of ketones is 1. The van der Waals surface area contributed by atoms with E-state index in [9.17, 15) is 4.79 Å². The van der Waals surface area contributed by atoms with Gasteiger partial charge in [-0.05, 0) is 45.1 Å². The molecule has 0 aliphatic heterocycles. The van der Waals surface area contributed by atoms with Gasteiger partial charge in [0.1, 0.15) is 22.0 Å². The Hall–Kier alpha value is -0.940. The highest BCUT2D eigenvalue weighted by Gasteiger charge is 2.21. The summed E-state index contributed by atoms with van der Waals surface area (Å²) in [7, 11) is 0. The Balaban J connectivity index is 2.09. The number of fused-ring (bicyclic) bond motifs is 3. The van der Waals surface area contributed by atoms with Gasteiger partial charge in [-0.3, -0.25) is 4.79 Å². The number of nitrogens with zero attached hydrogens (tertiary/aromatic N) is 2. The van der Waals surface area contributed by atoms with E-state index in [1.54, 1.807) is 36.3 Å². The molecule has 1 aliphatic carbocycles. The molecule has 0 N–H and O–H groups in total. The molecule has 0 fully saturated rings. The molecule has 1 aliphatic rings. The summed E-state index contributed by atoms with van der Waals surface area (Å²) in [5.74, 6) is 0.195. The largest absolute Gasteiger partial charge is 0.299 e. The Morgan fingerprint density at radius 2 is 2.16 bits per heavy atom. The molecule has 0 saturated carbocycles. The lowest BCUT2D eigenvalue weighted by molar-refractivity contribution is -0.116. The first kappa shape index (κ1) is 13.1. The molecule has 3 nitrogen and oxygen atoms in total. The average molecular weight is 292 g/mol. The minimum atomic E-state index is -0.0442. The van der Waals surface area contributed by atoms with Crippen molar-refractivity contribution in [3.63, 3.8) is 0 Å². The fraction of sp³-hybridized carbons (Fsp3) is 0.500. The molecule has 2 aromatic rings. The third-order valence-corrected chi connectivity index (χ3v) is 6.00. The number of hydrogen-bond acceptors (Lipinski definition) is 5. The zero-order valence-corrected chi connectivity index (χ0v) is 12.7. The van der Waals surface area contributed by atoms with Crippen LogP contribution in [-0.2, 0) is 17.6 Å². The van der Waals surface area contributed by atoms with Gasteiger partial charge in [0.25, 0.3) is 0 Å². The Labute approximate surface area is 120 Å². The topological polar surface area (TPSA) is 42.9 Å². The van der Waals surface area contributed by atoms with Gasteiger partial charge in [0.15, 0.2) is 0 Å².